The van der Waals surface area contributed by atoms with E-state index in [1.807, 2.05) is 0 Å². The molecule has 21 heavy (non-hydrogen) atoms. The van der Waals surface area contributed by atoms with E-state index >= 15 is 0 Å². The summed E-state index contributed by atoms with van der Waals surface area (Å²) in [5.74, 6) is 0.487. The van der Waals surface area contributed by atoms with Crippen molar-refractivity contribution in [2.75, 3.05) is 5.73 Å². The predicted molar refractivity (Wildman–Crippen MR) is 74.5 cm³/mol. The molecule has 0 heterocycles. The van der Waals surface area contributed by atoms with E-state index in [2.05, 4.69) is 6.92 Å². The fourth-order valence-electron chi connectivity index (χ4n) is 2.70. The predicted octanol–water partition coefficient (Wildman–Crippen LogP) is 3.64. The van der Waals surface area contributed by atoms with Gasteiger partial charge in [-0.1, -0.05) is 6.92 Å². The fraction of sp³-hybridized carbons (Fsp3) is 0.571. The Morgan fingerprint density at radius 3 is 2.19 bits per heavy atom. The number of sulfone groups is 1. The molecule has 0 spiro atoms. The van der Waals surface area contributed by atoms with Crippen LogP contribution < -0.4 is 5.73 Å². The third-order valence-corrected chi connectivity index (χ3v) is 6.38. The minimum Gasteiger partial charge on any atom is -0.398 e. The van der Waals surface area contributed by atoms with Crippen molar-refractivity contribution in [2.24, 2.45) is 5.92 Å². The van der Waals surface area contributed by atoms with Gasteiger partial charge in [0.25, 0.3) is 0 Å². The van der Waals surface area contributed by atoms with Gasteiger partial charge in [0, 0.05) is 0 Å². The molecule has 1 fully saturated rings. The Bertz CT molecular complexity index is 618. The maximum atomic E-state index is 12.6. The summed E-state index contributed by atoms with van der Waals surface area (Å²) in [4.78, 5) is -0.185. The van der Waals surface area contributed by atoms with Gasteiger partial charge < -0.3 is 5.73 Å². The molecule has 1 aromatic carbocycles. The second kappa shape index (κ2) is 5.51. The summed E-state index contributed by atoms with van der Waals surface area (Å²) >= 11 is 0. The van der Waals surface area contributed by atoms with Crippen LogP contribution in [0.15, 0.2) is 23.1 Å². The van der Waals surface area contributed by atoms with Gasteiger partial charge in [-0.05, 0) is 49.8 Å². The van der Waals surface area contributed by atoms with E-state index in [-0.39, 0.29) is 10.6 Å². The zero-order chi connectivity index (χ0) is 15.8. The number of anilines is 1. The highest BCUT2D eigenvalue weighted by Gasteiger charge is 2.35. The van der Waals surface area contributed by atoms with Gasteiger partial charge in [-0.15, -0.1) is 0 Å². The number of nitrogen functional groups attached to an aromatic ring is 1. The van der Waals surface area contributed by atoms with E-state index in [0.717, 1.165) is 25.0 Å². The monoisotopic (exact) mass is 321 g/mol. The van der Waals surface area contributed by atoms with Crippen molar-refractivity contribution >= 4 is 15.5 Å². The number of rotatable bonds is 2. The van der Waals surface area contributed by atoms with Crippen LogP contribution in [-0.4, -0.2) is 13.7 Å². The Hall–Kier alpha value is -1.24. The van der Waals surface area contributed by atoms with Crippen LogP contribution in [0.4, 0.5) is 18.9 Å². The van der Waals surface area contributed by atoms with Crippen molar-refractivity contribution in [3.05, 3.63) is 23.8 Å². The molecule has 1 aliphatic rings. The first-order chi connectivity index (χ1) is 9.62. The van der Waals surface area contributed by atoms with Crippen LogP contribution in [0.3, 0.4) is 0 Å². The quantitative estimate of drug-likeness (QED) is 0.846. The molecule has 0 radical (unpaired) electrons. The molecular formula is C14H18F3NO2S. The highest BCUT2D eigenvalue weighted by molar-refractivity contribution is 7.92. The van der Waals surface area contributed by atoms with E-state index in [4.69, 9.17) is 5.73 Å². The first kappa shape index (κ1) is 16.1. The maximum Gasteiger partial charge on any atom is 0.416 e. The number of benzene rings is 1. The highest BCUT2D eigenvalue weighted by atomic mass is 32.2. The molecule has 1 saturated carbocycles. The van der Waals surface area contributed by atoms with Crippen molar-refractivity contribution in [3.8, 4) is 0 Å². The van der Waals surface area contributed by atoms with Gasteiger partial charge in [0.1, 0.15) is 0 Å². The number of alkyl halides is 3. The molecule has 7 heteroatoms. The normalized spacial score (nSPS) is 24.0. The van der Waals surface area contributed by atoms with Crippen molar-refractivity contribution in [1.82, 2.24) is 0 Å². The largest absolute Gasteiger partial charge is 0.416 e. The molecule has 118 valence electrons. The molecule has 1 aromatic rings. The zero-order valence-electron chi connectivity index (χ0n) is 11.7. The van der Waals surface area contributed by atoms with Crippen molar-refractivity contribution in [2.45, 2.75) is 48.9 Å². The van der Waals surface area contributed by atoms with E-state index in [1.165, 1.54) is 0 Å². The molecule has 3 nitrogen and oxygen atoms in total. The molecule has 1 aliphatic carbocycles. The standard InChI is InChI=1S/C14H18F3NO2S/c1-9-2-5-11(6-3-9)21(19,20)13-7-4-10(8-12(13)18)14(15,16)17/h4,7-9,11H,2-3,5-6,18H2,1H3. The van der Waals surface area contributed by atoms with Gasteiger partial charge in [-0.3, -0.25) is 0 Å². The van der Waals surface area contributed by atoms with Gasteiger partial charge in [-0.25, -0.2) is 8.42 Å². The van der Waals surface area contributed by atoms with Gasteiger partial charge in [0.2, 0.25) is 0 Å². The third-order valence-electron chi connectivity index (χ3n) is 4.05. The van der Waals surface area contributed by atoms with Gasteiger partial charge in [-0.2, -0.15) is 13.2 Å². The van der Waals surface area contributed by atoms with E-state index < -0.39 is 26.8 Å². The molecule has 0 atom stereocenters. The van der Waals surface area contributed by atoms with E-state index in [1.54, 1.807) is 0 Å². The van der Waals surface area contributed by atoms with Crippen LogP contribution >= 0.6 is 0 Å². The molecule has 0 aliphatic heterocycles. The molecule has 2 rings (SSSR count). The number of halogens is 3. The maximum absolute atomic E-state index is 12.6. The number of nitrogens with two attached hydrogens (primary N) is 1. The summed E-state index contributed by atoms with van der Waals surface area (Å²) in [6.45, 7) is 2.06. The minimum atomic E-state index is -4.53. The molecule has 0 aromatic heterocycles. The summed E-state index contributed by atoms with van der Waals surface area (Å²) in [6, 6.07) is 2.44. The van der Waals surface area contributed by atoms with Crippen molar-refractivity contribution in [3.63, 3.8) is 0 Å². The Morgan fingerprint density at radius 1 is 1.14 bits per heavy atom. The molecular weight excluding hydrogens is 303 g/mol. The van der Waals surface area contributed by atoms with Crippen LogP contribution in [0, 0.1) is 5.92 Å². The first-order valence-corrected chi connectivity index (χ1v) is 8.37. The lowest BCUT2D eigenvalue weighted by molar-refractivity contribution is -0.137. The molecule has 0 amide bonds. The first-order valence-electron chi connectivity index (χ1n) is 6.83. The van der Waals surface area contributed by atoms with Crippen molar-refractivity contribution in [1.29, 1.82) is 0 Å². The Morgan fingerprint density at radius 2 is 1.71 bits per heavy atom. The van der Waals surface area contributed by atoms with Crippen LogP contribution in [0.1, 0.15) is 38.2 Å². The fourth-order valence-corrected chi connectivity index (χ4v) is 4.60. The molecule has 0 bridgehead atoms. The second-order valence-corrected chi connectivity index (χ2v) is 7.87. The van der Waals surface area contributed by atoms with Gasteiger partial charge in [0.05, 0.1) is 21.4 Å². The topological polar surface area (TPSA) is 60.2 Å². The molecule has 0 saturated heterocycles. The SMILES string of the molecule is CC1CCC(S(=O)(=O)c2ccc(C(F)(F)F)cc2N)CC1. The average molecular weight is 321 g/mol. The van der Waals surface area contributed by atoms with Crippen molar-refractivity contribution < 1.29 is 21.6 Å². The smallest absolute Gasteiger partial charge is 0.398 e. The van der Waals surface area contributed by atoms with Crippen LogP contribution in [0.2, 0.25) is 0 Å². The van der Waals surface area contributed by atoms with E-state index in [0.29, 0.717) is 24.8 Å². The van der Waals surface area contributed by atoms with Gasteiger partial charge in [0.15, 0.2) is 9.84 Å². The summed E-state index contributed by atoms with van der Waals surface area (Å²) in [6.07, 6.45) is -1.85. The van der Waals surface area contributed by atoms with E-state index in [9.17, 15) is 21.6 Å². The molecule has 2 N–H and O–H groups in total. The van der Waals surface area contributed by atoms with Crippen LogP contribution in [0.5, 0.6) is 0 Å². The Labute approximate surface area is 122 Å². The van der Waals surface area contributed by atoms with Gasteiger partial charge >= 0.3 is 6.18 Å². The highest BCUT2D eigenvalue weighted by Crippen LogP contribution is 2.36. The average Bonchev–Trinajstić information content (AvgIpc) is 2.37. The molecule has 0 unspecified atom stereocenters. The van der Waals surface area contributed by atoms with Crippen LogP contribution in [0.25, 0.3) is 0 Å². The third kappa shape index (κ3) is 3.33. The summed E-state index contributed by atoms with van der Waals surface area (Å²) in [7, 11) is -3.67. The lowest BCUT2D eigenvalue weighted by Gasteiger charge is -2.26. The van der Waals surface area contributed by atoms with Crippen LogP contribution in [-0.2, 0) is 16.0 Å². The number of hydrogen-bond donors (Lipinski definition) is 1. The number of hydrogen-bond acceptors (Lipinski definition) is 3. The Kier molecular flexibility index (Phi) is 4.24. The summed E-state index contributed by atoms with van der Waals surface area (Å²) in [5.41, 5.74) is 4.29. The lowest BCUT2D eigenvalue weighted by Crippen LogP contribution is -2.27. The second-order valence-electron chi connectivity index (χ2n) is 5.68. The lowest BCUT2D eigenvalue weighted by atomic mass is 9.91. The summed E-state index contributed by atoms with van der Waals surface area (Å²) < 4.78 is 62.8. The zero-order valence-corrected chi connectivity index (χ0v) is 12.5. The Balaban J connectivity index is 2.33. The summed E-state index contributed by atoms with van der Waals surface area (Å²) in [5, 5.41) is -0.548. The minimum absolute atomic E-state index is 0.185.